The summed E-state index contributed by atoms with van der Waals surface area (Å²) >= 11 is 6.22. The fraction of sp³-hybridized carbons (Fsp3) is 0.650. The molecule has 2 saturated heterocycles. The predicted molar refractivity (Wildman–Crippen MR) is 106 cm³/mol. The number of nitrogens with one attached hydrogen (secondary N) is 1. The van der Waals surface area contributed by atoms with E-state index in [0.29, 0.717) is 16.5 Å². The number of morpholine rings is 1. The van der Waals surface area contributed by atoms with Gasteiger partial charge in [-0.3, -0.25) is 9.89 Å². The number of hydrogen-bond acceptors (Lipinski definition) is 3. The molecule has 3 atom stereocenters. The molecule has 1 aromatic rings. The van der Waals surface area contributed by atoms with E-state index in [1.54, 1.807) is 12.1 Å². The lowest BCUT2D eigenvalue weighted by Gasteiger charge is -2.29. The number of benzene rings is 1. The Bertz CT molecular complexity index is 674. The van der Waals surface area contributed by atoms with Gasteiger partial charge in [0, 0.05) is 62.3 Å². The maximum Gasteiger partial charge on any atom is 0.193 e. The van der Waals surface area contributed by atoms with Crippen molar-refractivity contribution in [3.63, 3.8) is 0 Å². The quantitative estimate of drug-likeness (QED) is 0.629. The minimum absolute atomic E-state index is 0.127. The normalized spacial score (nSPS) is 29.2. The average molecular weight is 395 g/mol. The van der Waals surface area contributed by atoms with Crippen LogP contribution in [0.2, 0.25) is 5.02 Å². The second kappa shape index (κ2) is 8.33. The highest BCUT2D eigenvalue weighted by Crippen LogP contribution is 2.45. The Kier molecular flexibility index (Phi) is 5.85. The van der Waals surface area contributed by atoms with Gasteiger partial charge >= 0.3 is 0 Å². The van der Waals surface area contributed by atoms with Crippen molar-refractivity contribution < 1.29 is 9.13 Å². The molecule has 2 aliphatic heterocycles. The lowest BCUT2D eigenvalue weighted by molar-refractivity contribution is 0.0315. The van der Waals surface area contributed by atoms with Crippen LogP contribution in [0.25, 0.3) is 0 Å². The molecule has 0 amide bonds. The Morgan fingerprint density at radius 3 is 2.89 bits per heavy atom. The first-order valence-electron chi connectivity index (χ1n) is 9.88. The van der Waals surface area contributed by atoms with Crippen molar-refractivity contribution >= 4 is 17.6 Å². The summed E-state index contributed by atoms with van der Waals surface area (Å²) in [5, 5.41) is 4.05. The van der Waals surface area contributed by atoms with Crippen molar-refractivity contribution in [3.05, 3.63) is 34.6 Å². The first kappa shape index (κ1) is 19.0. The van der Waals surface area contributed by atoms with Crippen LogP contribution in [-0.2, 0) is 4.74 Å². The molecule has 0 spiro atoms. The van der Waals surface area contributed by atoms with Gasteiger partial charge in [0.25, 0.3) is 0 Å². The van der Waals surface area contributed by atoms with E-state index in [4.69, 9.17) is 16.3 Å². The lowest BCUT2D eigenvalue weighted by atomic mass is 10.1. The van der Waals surface area contributed by atoms with Crippen molar-refractivity contribution in [1.82, 2.24) is 15.1 Å². The Hall–Kier alpha value is -1.37. The molecule has 148 valence electrons. The van der Waals surface area contributed by atoms with Gasteiger partial charge in [0.15, 0.2) is 5.96 Å². The zero-order valence-electron chi connectivity index (χ0n) is 15.8. The highest BCUT2D eigenvalue weighted by atomic mass is 35.5. The molecule has 0 aromatic heterocycles. The van der Waals surface area contributed by atoms with Crippen LogP contribution in [0, 0.1) is 11.7 Å². The molecule has 7 heteroatoms. The lowest BCUT2D eigenvalue weighted by Crippen LogP contribution is -2.43. The zero-order chi connectivity index (χ0) is 18.8. The third-order valence-corrected chi connectivity index (χ3v) is 6.22. The van der Waals surface area contributed by atoms with Crippen molar-refractivity contribution in [1.29, 1.82) is 0 Å². The molecule has 2 heterocycles. The molecule has 27 heavy (non-hydrogen) atoms. The van der Waals surface area contributed by atoms with E-state index in [1.807, 2.05) is 7.05 Å². The molecule has 4 rings (SSSR count). The zero-order valence-corrected chi connectivity index (χ0v) is 16.6. The van der Waals surface area contributed by atoms with E-state index in [1.165, 1.54) is 12.5 Å². The maximum atomic E-state index is 14.1. The van der Waals surface area contributed by atoms with Gasteiger partial charge in [-0.05, 0) is 30.9 Å². The summed E-state index contributed by atoms with van der Waals surface area (Å²) < 4.78 is 19.6. The van der Waals surface area contributed by atoms with Crippen LogP contribution >= 0.6 is 11.6 Å². The number of nitrogens with zero attached hydrogens (tertiary/aromatic N) is 3. The molecule has 1 aromatic carbocycles. The summed E-state index contributed by atoms with van der Waals surface area (Å²) in [6.07, 6.45) is 2.08. The summed E-state index contributed by atoms with van der Waals surface area (Å²) in [6.45, 7) is 6.95. The fourth-order valence-corrected chi connectivity index (χ4v) is 4.63. The van der Waals surface area contributed by atoms with Gasteiger partial charge in [0.1, 0.15) is 5.82 Å². The van der Waals surface area contributed by atoms with E-state index >= 15 is 0 Å². The van der Waals surface area contributed by atoms with Crippen molar-refractivity contribution in [2.24, 2.45) is 10.9 Å². The standard InChI is InChI=1S/C20H28ClFN4O/c1-23-20(24-18-11-15(18)19-16(21)3-2-4-17(19)22)26-6-5-14(13-26)12-25-7-9-27-10-8-25/h2-4,14-15,18H,5-13H2,1H3,(H,23,24). The highest BCUT2D eigenvalue weighted by molar-refractivity contribution is 6.31. The maximum absolute atomic E-state index is 14.1. The summed E-state index contributed by atoms with van der Waals surface area (Å²) in [6, 6.07) is 5.11. The highest BCUT2D eigenvalue weighted by Gasteiger charge is 2.42. The van der Waals surface area contributed by atoms with Crippen LogP contribution < -0.4 is 5.32 Å². The summed E-state index contributed by atoms with van der Waals surface area (Å²) in [5.41, 5.74) is 0.638. The second-order valence-corrected chi connectivity index (χ2v) is 8.20. The Balaban J connectivity index is 1.30. The number of rotatable bonds is 4. The van der Waals surface area contributed by atoms with Crippen LogP contribution in [0.1, 0.15) is 24.3 Å². The van der Waals surface area contributed by atoms with E-state index in [0.717, 1.165) is 58.3 Å². The van der Waals surface area contributed by atoms with Gasteiger partial charge in [-0.25, -0.2) is 4.39 Å². The Morgan fingerprint density at radius 1 is 1.33 bits per heavy atom. The molecule has 0 bridgehead atoms. The van der Waals surface area contributed by atoms with Gasteiger partial charge < -0.3 is 15.0 Å². The van der Waals surface area contributed by atoms with Gasteiger partial charge in [-0.1, -0.05) is 17.7 Å². The van der Waals surface area contributed by atoms with E-state index < -0.39 is 0 Å². The van der Waals surface area contributed by atoms with Crippen molar-refractivity contribution in [3.8, 4) is 0 Å². The minimum atomic E-state index is -0.210. The molecule has 5 nitrogen and oxygen atoms in total. The fourth-order valence-electron chi connectivity index (χ4n) is 4.32. The number of hydrogen-bond donors (Lipinski definition) is 1. The molecule has 1 aliphatic carbocycles. The largest absolute Gasteiger partial charge is 0.379 e. The SMILES string of the molecule is CN=C(NC1CC1c1c(F)cccc1Cl)N1CCC(CN2CCOCC2)C1. The summed E-state index contributed by atoms with van der Waals surface area (Å²) in [5.74, 6) is 1.51. The Labute approximate surface area is 165 Å². The van der Waals surface area contributed by atoms with Crippen LogP contribution in [0.3, 0.4) is 0 Å². The number of ether oxygens (including phenoxy) is 1. The molecular weight excluding hydrogens is 367 g/mol. The summed E-state index contributed by atoms with van der Waals surface area (Å²) in [7, 11) is 1.82. The summed E-state index contributed by atoms with van der Waals surface area (Å²) in [4.78, 5) is 9.32. The first-order chi connectivity index (χ1) is 13.2. The molecule has 3 unspecified atom stereocenters. The van der Waals surface area contributed by atoms with Gasteiger partial charge in [-0.15, -0.1) is 0 Å². The third-order valence-electron chi connectivity index (χ3n) is 5.89. The van der Waals surface area contributed by atoms with Crippen LogP contribution in [0.4, 0.5) is 4.39 Å². The van der Waals surface area contributed by atoms with Gasteiger partial charge in [-0.2, -0.15) is 0 Å². The van der Waals surface area contributed by atoms with E-state index in [9.17, 15) is 4.39 Å². The smallest absolute Gasteiger partial charge is 0.193 e. The number of guanidine groups is 1. The molecule has 1 N–H and O–H groups in total. The molecular formula is C20H28ClFN4O. The number of halogens is 2. The van der Waals surface area contributed by atoms with Gasteiger partial charge in [0.05, 0.1) is 13.2 Å². The van der Waals surface area contributed by atoms with Crippen molar-refractivity contribution in [2.45, 2.75) is 24.8 Å². The first-order valence-corrected chi connectivity index (χ1v) is 10.3. The molecule has 3 aliphatic rings. The van der Waals surface area contributed by atoms with Crippen molar-refractivity contribution in [2.75, 3.05) is 53.0 Å². The molecule has 0 radical (unpaired) electrons. The second-order valence-electron chi connectivity index (χ2n) is 7.79. The average Bonchev–Trinajstić information content (AvgIpc) is 3.26. The van der Waals surface area contributed by atoms with E-state index in [-0.39, 0.29) is 17.8 Å². The number of likely N-dealkylation sites (tertiary alicyclic amines) is 1. The minimum Gasteiger partial charge on any atom is -0.379 e. The predicted octanol–water partition coefficient (Wildman–Crippen LogP) is 2.56. The van der Waals surface area contributed by atoms with Crippen LogP contribution in [-0.4, -0.2) is 74.8 Å². The van der Waals surface area contributed by atoms with Crippen LogP contribution in [0.5, 0.6) is 0 Å². The van der Waals surface area contributed by atoms with Gasteiger partial charge in [0.2, 0.25) is 0 Å². The van der Waals surface area contributed by atoms with E-state index in [2.05, 4.69) is 20.1 Å². The third kappa shape index (κ3) is 4.39. The Morgan fingerprint density at radius 2 is 2.15 bits per heavy atom. The topological polar surface area (TPSA) is 40.1 Å². The van der Waals surface area contributed by atoms with Crippen LogP contribution in [0.15, 0.2) is 23.2 Å². The monoisotopic (exact) mass is 394 g/mol. The molecule has 3 fully saturated rings. The molecule has 1 saturated carbocycles. The number of aliphatic imine (C=N–C) groups is 1.